The molecule has 0 atom stereocenters. The summed E-state index contributed by atoms with van der Waals surface area (Å²) in [6.07, 6.45) is 10.3. The maximum Gasteiger partial charge on any atom is 0.0967 e. The van der Waals surface area contributed by atoms with Gasteiger partial charge in [0.2, 0.25) is 0 Å². The molecule has 2 rings (SSSR count). The molecule has 0 saturated heterocycles. The maximum atomic E-state index is 9.86. The summed E-state index contributed by atoms with van der Waals surface area (Å²) in [5, 5.41) is 11.9. The van der Waals surface area contributed by atoms with Gasteiger partial charge in [-0.15, -0.1) is 0 Å². The fraction of sp³-hybridized carbons (Fsp3) is 0.167. The fourth-order valence-corrected chi connectivity index (χ4v) is 2.84. The van der Waals surface area contributed by atoms with E-state index in [1.165, 1.54) is 0 Å². The van der Waals surface area contributed by atoms with Gasteiger partial charge in [0, 0.05) is 29.5 Å². The molecular weight excluding hydrogens is 278 g/mol. The Hall–Kier alpha value is -2.00. The average molecular weight is 297 g/mol. The standard InChI is InChI=1S/C18H19NOS/c1-3-12-21-17-11-7-6-10-16(17)18(19-2)14-8-4-5-9-15(20)13-14/h3-8,10-13,20H,9H2,1-2H3/b12-3+,19-18?. The zero-order valence-corrected chi connectivity index (χ0v) is 13.1. The summed E-state index contributed by atoms with van der Waals surface area (Å²) < 4.78 is 0. The Morgan fingerprint density at radius 3 is 2.90 bits per heavy atom. The summed E-state index contributed by atoms with van der Waals surface area (Å²) in [6.45, 7) is 2.00. The van der Waals surface area contributed by atoms with Gasteiger partial charge in [-0.2, -0.15) is 0 Å². The lowest BCUT2D eigenvalue weighted by molar-refractivity contribution is 0.401. The quantitative estimate of drug-likeness (QED) is 0.622. The van der Waals surface area contributed by atoms with E-state index in [9.17, 15) is 5.11 Å². The Bertz CT molecular complexity index is 651. The second-order valence-corrected chi connectivity index (χ2v) is 5.49. The second kappa shape index (κ2) is 7.70. The SMILES string of the molecule is C/C=C/Sc1ccccc1C(=NC)C1=CC=CCC(O)=C1. The Kier molecular flexibility index (Phi) is 5.64. The number of allylic oxidation sites excluding steroid dienone is 6. The van der Waals surface area contributed by atoms with E-state index < -0.39 is 0 Å². The van der Waals surface area contributed by atoms with E-state index in [0.29, 0.717) is 12.2 Å². The van der Waals surface area contributed by atoms with Crippen molar-refractivity contribution in [1.82, 2.24) is 0 Å². The van der Waals surface area contributed by atoms with Gasteiger partial charge in [-0.1, -0.05) is 54.3 Å². The van der Waals surface area contributed by atoms with Crippen LogP contribution in [0, 0.1) is 0 Å². The van der Waals surface area contributed by atoms with Crippen molar-refractivity contribution in [3.05, 3.63) is 76.9 Å². The third kappa shape index (κ3) is 3.99. The molecule has 0 saturated carbocycles. The molecule has 108 valence electrons. The predicted molar refractivity (Wildman–Crippen MR) is 92.1 cm³/mol. The lowest BCUT2D eigenvalue weighted by Gasteiger charge is -2.11. The van der Waals surface area contributed by atoms with Crippen LogP contribution in [0.5, 0.6) is 0 Å². The molecular formula is C18H19NOS. The number of aliphatic hydroxyl groups is 1. The summed E-state index contributed by atoms with van der Waals surface area (Å²) in [5.74, 6) is 0.356. The number of nitrogens with zero attached hydrogens (tertiary/aromatic N) is 1. The van der Waals surface area contributed by atoms with E-state index >= 15 is 0 Å². The van der Waals surface area contributed by atoms with Gasteiger partial charge in [-0.25, -0.2) is 0 Å². The first kappa shape index (κ1) is 15.4. The van der Waals surface area contributed by atoms with Gasteiger partial charge in [0.25, 0.3) is 0 Å². The van der Waals surface area contributed by atoms with Crippen LogP contribution in [0.4, 0.5) is 0 Å². The number of hydrogen-bond donors (Lipinski definition) is 1. The van der Waals surface area contributed by atoms with Crippen LogP contribution in [0.25, 0.3) is 0 Å². The lowest BCUT2D eigenvalue weighted by atomic mass is 10.0. The van der Waals surface area contributed by atoms with Gasteiger partial charge >= 0.3 is 0 Å². The number of thioether (sulfide) groups is 1. The first-order valence-electron chi connectivity index (χ1n) is 6.87. The van der Waals surface area contributed by atoms with E-state index in [1.807, 2.05) is 43.4 Å². The Morgan fingerprint density at radius 1 is 1.33 bits per heavy atom. The van der Waals surface area contributed by atoms with Crippen molar-refractivity contribution in [3.8, 4) is 0 Å². The molecule has 0 heterocycles. The van der Waals surface area contributed by atoms with Gasteiger partial charge < -0.3 is 5.11 Å². The maximum absolute atomic E-state index is 9.86. The van der Waals surface area contributed by atoms with Gasteiger partial charge in [-0.3, -0.25) is 4.99 Å². The van der Waals surface area contributed by atoms with Crippen molar-refractivity contribution in [2.75, 3.05) is 7.05 Å². The molecule has 1 aliphatic rings. The van der Waals surface area contributed by atoms with Crippen molar-refractivity contribution < 1.29 is 5.11 Å². The molecule has 1 N–H and O–H groups in total. The molecule has 1 aromatic carbocycles. The molecule has 3 heteroatoms. The number of aliphatic hydroxyl groups excluding tert-OH is 1. The minimum atomic E-state index is 0.356. The van der Waals surface area contributed by atoms with Crippen molar-refractivity contribution in [3.63, 3.8) is 0 Å². The highest BCUT2D eigenvalue weighted by Gasteiger charge is 2.13. The topological polar surface area (TPSA) is 32.6 Å². The van der Waals surface area contributed by atoms with Gasteiger partial charge in [0.15, 0.2) is 0 Å². The molecule has 0 aliphatic heterocycles. The van der Waals surface area contributed by atoms with Gasteiger partial charge in [0.1, 0.15) is 0 Å². The summed E-state index contributed by atoms with van der Waals surface area (Å²) in [5.41, 5.74) is 2.90. The summed E-state index contributed by atoms with van der Waals surface area (Å²) >= 11 is 1.67. The third-order valence-corrected chi connectivity index (χ3v) is 4.05. The minimum Gasteiger partial charge on any atom is -0.512 e. The van der Waals surface area contributed by atoms with Crippen molar-refractivity contribution in [2.24, 2.45) is 4.99 Å². The smallest absolute Gasteiger partial charge is 0.0967 e. The van der Waals surface area contributed by atoms with Gasteiger partial charge in [-0.05, 0) is 24.5 Å². The molecule has 21 heavy (non-hydrogen) atoms. The van der Waals surface area contributed by atoms with E-state index in [2.05, 4.69) is 22.5 Å². The molecule has 0 spiro atoms. The van der Waals surface area contributed by atoms with E-state index in [-0.39, 0.29) is 0 Å². The number of hydrogen-bond acceptors (Lipinski definition) is 3. The first-order chi connectivity index (χ1) is 10.3. The Morgan fingerprint density at radius 2 is 2.14 bits per heavy atom. The van der Waals surface area contributed by atoms with Crippen LogP contribution in [0.2, 0.25) is 0 Å². The summed E-state index contributed by atoms with van der Waals surface area (Å²) in [4.78, 5) is 5.60. The van der Waals surface area contributed by atoms with E-state index in [4.69, 9.17) is 0 Å². The molecule has 1 aliphatic carbocycles. The zero-order valence-electron chi connectivity index (χ0n) is 12.3. The first-order valence-corrected chi connectivity index (χ1v) is 7.75. The summed E-state index contributed by atoms with van der Waals surface area (Å²) in [7, 11) is 1.78. The zero-order chi connectivity index (χ0) is 15.1. The average Bonchev–Trinajstić information content (AvgIpc) is 2.72. The normalized spacial score (nSPS) is 15.8. The van der Waals surface area contributed by atoms with Crippen LogP contribution in [0.1, 0.15) is 18.9 Å². The fourth-order valence-electron chi connectivity index (χ4n) is 2.11. The van der Waals surface area contributed by atoms with Crippen molar-refractivity contribution in [1.29, 1.82) is 0 Å². The van der Waals surface area contributed by atoms with E-state index in [1.54, 1.807) is 24.9 Å². The molecule has 2 nitrogen and oxygen atoms in total. The van der Waals surface area contributed by atoms with E-state index in [0.717, 1.165) is 21.7 Å². The molecule has 0 radical (unpaired) electrons. The second-order valence-electron chi connectivity index (χ2n) is 4.55. The van der Waals surface area contributed by atoms with Crippen LogP contribution in [-0.4, -0.2) is 17.9 Å². The highest BCUT2D eigenvalue weighted by atomic mass is 32.2. The molecule has 0 unspecified atom stereocenters. The van der Waals surface area contributed by atoms with Crippen molar-refractivity contribution in [2.45, 2.75) is 18.2 Å². The lowest BCUT2D eigenvalue weighted by Crippen LogP contribution is -2.05. The predicted octanol–water partition coefficient (Wildman–Crippen LogP) is 5.06. The van der Waals surface area contributed by atoms with Crippen LogP contribution in [0.15, 0.2) is 81.3 Å². The van der Waals surface area contributed by atoms with Crippen LogP contribution >= 0.6 is 11.8 Å². The van der Waals surface area contributed by atoms with Crippen LogP contribution < -0.4 is 0 Å². The highest BCUT2D eigenvalue weighted by Crippen LogP contribution is 2.27. The van der Waals surface area contributed by atoms with Gasteiger partial charge in [0.05, 0.1) is 11.5 Å². The molecule has 1 aromatic rings. The number of benzene rings is 1. The highest BCUT2D eigenvalue weighted by molar-refractivity contribution is 8.02. The third-order valence-electron chi connectivity index (χ3n) is 3.03. The number of rotatable bonds is 4. The Balaban J connectivity index is 2.45. The molecule has 0 fully saturated rings. The molecule has 0 aromatic heterocycles. The molecule has 0 bridgehead atoms. The summed E-state index contributed by atoms with van der Waals surface area (Å²) in [6, 6.07) is 8.19. The van der Waals surface area contributed by atoms with Crippen LogP contribution in [-0.2, 0) is 0 Å². The Labute approximate surface area is 130 Å². The number of aliphatic imine (C=N–C) groups is 1. The van der Waals surface area contributed by atoms with Crippen LogP contribution in [0.3, 0.4) is 0 Å². The monoisotopic (exact) mass is 297 g/mol. The minimum absolute atomic E-state index is 0.356. The largest absolute Gasteiger partial charge is 0.512 e. The molecule has 0 amide bonds. The van der Waals surface area contributed by atoms with Crippen molar-refractivity contribution >= 4 is 17.5 Å².